The van der Waals surface area contributed by atoms with Gasteiger partial charge in [-0.15, -0.1) is 0 Å². The van der Waals surface area contributed by atoms with E-state index in [1.807, 2.05) is 0 Å². The van der Waals surface area contributed by atoms with Crippen LogP contribution in [0.15, 0.2) is 0 Å². The molecule has 0 aromatic heterocycles. The maximum Gasteiger partial charge on any atom is 0.319 e. The molecule has 2 N–H and O–H groups in total. The van der Waals surface area contributed by atoms with Crippen molar-refractivity contribution in [2.24, 2.45) is 0 Å². The molecule has 0 unspecified atom stereocenters. The lowest BCUT2D eigenvalue weighted by molar-refractivity contribution is -0.136. The van der Waals surface area contributed by atoms with E-state index in [0.29, 0.717) is 13.1 Å². The van der Waals surface area contributed by atoms with Gasteiger partial charge in [-0.3, -0.25) is 4.79 Å². The first-order valence-corrected chi connectivity index (χ1v) is 5.42. The van der Waals surface area contributed by atoms with Crippen molar-refractivity contribution in [1.82, 2.24) is 15.1 Å². The van der Waals surface area contributed by atoms with Crippen LogP contribution in [-0.4, -0.2) is 66.7 Å². The molecule has 6 nitrogen and oxygen atoms in total. The van der Waals surface area contributed by atoms with Gasteiger partial charge in [-0.2, -0.15) is 0 Å². The van der Waals surface area contributed by atoms with E-state index in [9.17, 15) is 9.59 Å². The molecule has 6 heteroatoms. The third kappa shape index (κ3) is 3.69. The highest BCUT2D eigenvalue weighted by Crippen LogP contribution is 2.11. The van der Waals surface area contributed by atoms with E-state index < -0.39 is 5.97 Å². The zero-order chi connectivity index (χ0) is 12.1. The van der Waals surface area contributed by atoms with Crippen LogP contribution in [0.1, 0.15) is 12.8 Å². The van der Waals surface area contributed by atoms with E-state index in [1.165, 1.54) is 0 Å². The fourth-order valence-electron chi connectivity index (χ4n) is 1.79. The lowest BCUT2D eigenvalue weighted by Gasteiger charge is -2.33. The summed E-state index contributed by atoms with van der Waals surface area (Å²) in [6.45, 7) is 1.37. The summed E-state index contributed by atoms with van der Waals surface area (Å²) < 4.78 is 0. The number of likely N-dealkylation sites (tertiary alicyclic amines) is 1. The number of aliphatic carboxylic acids is 1. The average Bonchev–Trinajstić information content (AvgIpc) is 2.26. The van der Waals surface area contributed by atoms with Crippen LogP contribution in [-0.2, 0) is 4.79 Å². The van der Waals surface area contributed by atoms with E-state index in [-0.39, 0.29) is 18.6 Å². The Morgan fingerprint density at radius 2 is 1.94 bits per heavy atom. The highest BCUT2D eigenvalue weighted by Gasteiger charge is 2.23. The largest absolute Gasteiger partial charge is 0.480 e. The van der Waals surface area contributed by atoms with Gasteiger partial charge in [0, 0.05) is 33.2 Å². The molecule has 2 amide bonds. The van der Waals surface area contributed by atoms with E-state index in [1.54, 1.807) is 23.9 Å². The van der Waals surface area contributed by atoms with Crippen molar-refractivity contribution >= 4 is 12.0 Å². The predicted octanol–water partition coefficient (Wildman–Crippen LogP) is -0.193. The summed E-state index contributed by atoms with van der Waals surface area (Å²) in [5.74, 6) is -0.841. The summed E-state index contributed by atoms with van der Waals surface area (Å²) in [5, 5.41) is 11.5. The number of hydrogen-bond donors (Lipinski definition) is 2. The molecular weight excluding hydrogens is 210 g/mol. The summed E-state index contributed by atoms with van der Waals surface area (Å²) in [6.07, 6.45) is 1.62. The SMILES string of the molecule is CN(C)C(=O)N1CCC(NCC(=O)O)CC1. The molecule has 1 heterocycles. The third-order valence-electron chi connectivity index (χ3n) is 2.69. The summed E-state index contributed by atoms with van der Waals surface area (Å²) in [5.41, 5.74) is 0. The Morgan fingerprint density at radius 1 is 1.38 bits per heavy atom. The number of nitrogens with zero attached hydrogens (tertiary/aromatic N) is 2. The Balaban J connectivity index is 2.28. The first-order valence-electron chi connectivity index (χ1n) is 5.42. The van der Waals surface area contributed by atoms with Gasteiger partial charge in [0.1, 0.15) is 0 Å². The highest BCUT2D eigenvalue weighted by atomic mass is 16.4. The van der Waals surface area contributed by atoms with Crippen LogP contribution in [0.25, 0.3) is 0 Å². The molecule has 92 valence electrons. The molecule has 0 aliphatic carbocycles. The molecule has 1 aliphatic heterocycles. The molecule has 0 spiro atoms. The molecule has 0 aromatic carbocycles. The van der Waals surface area contributed by atoms with Gasteiger partial charge in [0.15, 0.2) is 0 Å². The Hall–Kier alpha value is -1.30. The minimum absolute atomic E-state index is 0.00765. The second-order valence-corrected chi connectivity index (χ2v) is 4.21. The first kappa shape index (κ1) is 12.8. The number of piperidine rings is 1. The Kier molecular flexibility index (Phi) is 4.54. The maximum atomic E-state index is 11.6. The van der Waals surface area contributed by atoms with Crippen molar-refractivity contribution < 1.29 is 14.7 Å². The van der Waals surface area contributed by atoms with Crippen LogP contribution in [0.3, 0.4) is 0 Å². The molecule has 0 aromatic rings. The zero-order valence-electron chi connectivity index (χ0n) is 9.77. The van der Waals surface area contributed by atoms with Gasteiger partial charge in [0.05, 0.1) is 6.54 Å². The number of carbonyl (C=O) groups is 2. The molecule has 1 rings (SSSR count). The summed E-state index contributed by atoms with van der Waals surface area (Å²) in [7, 11) is 3.47. The summed E-state index contributed by atoms with van der Waals surface area (Å²) in [6, 6.07) is 0.235. The monoisotopic (exact) mass is 229 g/mol. The van der Waals surface area contributed by atoms with Crippen molar-refractivity contribution in [2.75, 3.05) is 33.7 Å². The van der Waals surface area contributed by atoms with Crippen LogP contribution in [0.5, 0.6) is 0 Å². The number of urea groups is 1. The van der Waals surface area contributed by atoms with Gasteiger partial charge < -0.3 is 20.2 Å². The van der Waals surface area contributed by atoms with Crippen LogP contribution in [0.4, 0.5) is 4.79 Å². The fraction of sp³-hybridized carbons (Fsp3) is 0.800. The first-order chi connectivity index (χ1) is 7.50. The van der Waals surface area contributed by atoms with Crippen LogP contribution in [0.2, 0.25) is 0 Å². The number of nitrogens with one attached hydrogen (secondary N) is 1. The van der Waals surface area contributed by atoms with Gasteiger partial charge in [-0.25, -0.2) is 4.79 Å². The Morgan fingerprint density at radius 3 is 2.38 bits per heavy atom. The van der Waals surface area contributed by atoms with E-state index in [4.69, 9.17) is 5.11 Å². The number of carbonyl (C=O) groups excluding carboxylic acids is 1. The second kappa shape index (κ2) is 5.69. The van der Waals surface area contributed by atoms with Gasteiger partial charge in [-0.1, -0.05) is 0 Å². The van der Waals surface area contributed by atoms with Gasteiger partial charge in [0.25, 0.3) is 0 Å². The minimum atomic E-state index is -0.841. The molecular formula is C10H19N3O3. The van der Waals surface area contributed by atoms with E-state index in [0.717, 1.165) is 12.8 Å². The third-order valence-corrected chi connectivity index (χ3v) is 2.69. The quantitative estimate of drug-likeness (QED) is 0.703. The summed E-state index contributed by atoms with van der Waals surface area (Å²) >= 11 is 0. The van der Waals surface area contributed by atoms with Crippen molar-refractivity contribution in [2.45, 2.75) is 18.9 Å². The normalized spacial score (nSPS) is 17.2. The minimum Gasteiger partial charge on any atom is -0.480 e. The molecule has 0 saturated carbocycles. The topological polar surface area (TPSA) is 72.9 Å². The van der Waals surface area contributed by atoms with E-state index >= 15 is 0 Å². The average molecular weight is 229 g/mol. The number of hydrogen-bond acceptors (Lipinski definition) is 3. The lowest BCUT2D eigenvalue weighted by Crippen LogP contribution is -2.48. The molecule has 1 aliphatic rings. The van der Waals surface area contributed by atoms with Gasteiger partial charge in [0.2, 0.25) is 0 Å². The number of rotatable bonds is 3. The van der Waals surface area contributed by atoms with Crippen molar-refractivity contribution in [3.63, 3.8) is 0 Å². The predicted molar refractivity (Wildman–Crippen MR) is 59.3 cm³/mol. The summed E-state index contributed by atoms with van der Waals surface area (Å²) in [4.78, 5) is 25.3. The van der Waals surface area contributed by atoms with Gasteiger partial charge >= 0.3 is 12.0 Å². The van der Waals surface area contributed by atoms with E-state index in [2.05, 4.69) is 5.32 Å². The zero-order valence-corrected chi connectivity index (χ0v) is 9.77. The van der Waals surface area contributed by atoms with Crippen molar-refractivity contribution in [3.8, 4) is 0 Å². The van der Waals surface area contributed by atoms with Crippen LogP contribution >= 0.6 is 0 Å². The number of carboxylic acid groups (broad SMARTS) is 1. The Bertz CT molecular complexity index is 260. The lowest BCUT2D eigenvalue weighted by atomic mass is 10.1. The van der Waals surface area contributed by atoms with Gasteiger partial charge in [-0.05, 0) is 12.8 Å². The molecule has 0 atom stereocenters. The smallest absolute Gasteiger partial charge is 0.319 e. The molecule has 0 bridgehead atoms. The maximum absolute atomic E-state index is 11.6. The van der Waals surface area contributed by atoms with Crippen LogP contribution < -0.4 is 5.32 Å². The molecule has 16 heavy (non-hydrogen) atoms. The van der Waals surface area contributed by atoms with Crippen LogP contribution in [0, 0.1) is 0 Å². The molecule has 1 saturated heterocycles. The fourth-order valence-corrected chi connectivity index (χ4v) is 1.79. The second-order valence-electron chi connectivity index (χ2n) is 4.21. The van der Waals surface area contributed by atoms with Crippen molar-refractivity contribution in [3.05, 3.63) is 0 Å². The molecule has 1 fully saturated rings. The Labute approximate surface area is 95.2 Å². The number of amides is 2. The number of carboxylic acids is 1. The highest BCUT2D eigenvalue weighted by molar-refractivity contribution is 5.73. The molecule has 0 radical (unpaired) electrons. The van der Waals surface area contributed by atoms with Crippen molar-refractivity contribution in [1.29, 1.82) is 0 Å². The standard InChI is InChI=1S/C10H19N3O3/c1-12(2)10(16)13-5-3-8(4-6-13)11-7-9(14)15/h8,11H,3-7H2,1-2H3,(H,14,15).